The molecule has 4 rings (SSSR count). The summed E-state index contributed by atoms with van der Waals surface area (Å²) in [7, 11) is 1.58. The predicted molar refractivity (Wildman–Crippen MR) is 147 cm³/mol. The van der Waals surface area contributed by atoms with Gasteiger partial charge in [-0.2, -0.15) is 0 Å². The van der Waals surface area contributed by atoms with Crippen LogP contribution in [0, 0.1) is 10.5 Å². The third-order valence-electron chi connectivity index (χ3n) is 5.21. The molecule has 8 heteroatoms. The molecular formula is C26H21BrINO4S. The molecule has 0 aromatic heterocycles. The molecule has 2 amide bonds. The van der Waals surface area contributed by atoms with Gasteiger partial charge in [0.15, 0.2) is 11.5 Å². The van der Waals surface area contributed by atoms with Gasteiger partial charge >= 0.3 is 0 Å². The number of carbonyl (C=O) groups excluding carboxylic acids is 2. The number of amides is 2. The Hall–Kier alpha value is -2.30. The normalized spacial score (nSPS) is 14.7. The van der Waals surface area contributed by atoms with Crippen molar-refractivity contribution in [3.8, 4) is 11.5 Å². The minimum atomic E-state index is -0.306. The average Bonchev–Trinajstić information content (AvgIpc) is 3.07. The first-order valence-electron chi connectivity index (χ1n) is 10.4. The Morgan fingerprint density at radius 3 is 2.53 bits per heavy atom. The highest BCUT2D eigenvalue weighted by atomic mass is 127. The van der Waals surface area contributed by atoms with Crippen LogP contribution in [-0.4, -0.2) is 23.2 Å². The standard InChI is InChI=1S/C26H21BrINO4S/c1-16-7-9-17(10-8-16)15-33-24-21(28)11-18(12-22(24)32-2)13-23-25(30)29(26(31)34-23)14-19-5-3-4-6-20(19)27/h3-13H,14-15H2,1-2H3/b23-13-. The van der Waals surface area contributed by atoms with Crippen molar-refractivity contribution < 1.29 is 19.1 Å². The SMILES string of the molecule is COc1cc(/C=C2\SC(=O)N(Cc3ccccc3Br)C2=O)cc(I)c1OCc1ccc(C)cc1. The lowest BCUT2D eigenvalue weighted by Gasteiger charge is -2.14. The zero-order valence-corrected chi connectivity index (χ0v) is 23.1. The van der Waals surface area contributed by atoms with Crippen LogP contribution in [0.25, 0.3) is 6.08 Å². The van der Waals surface area contributed by atoms with Gasteiger partial charge in [-0.05, 0) is 82.2 Å². The van der Waals surface area contributed by atoms with Crippen LogP contribution in [0.3, 0.4) is 0 Å². The number of methoxy groups -OCH3 is 1. The Morgan fingerprint density at radius 1 is 1.09 bits per heavy atom. The molecular weight excluding hydrogens is 629 g/mol. The van der Waals surface area contributed by atoms with E-state index in [9.17, 15) is 9.59 Å². The predicted octanol–water partition coefficient (Wildman–Crippen LogP) is 7.19. The van der Waals surface area contributed by atoms with Crippen LogP contribution in [0.1, 0.15) is 22.3 Å². The molecule has 0 radical (unpaired) electrons. The fraction of sp³-hybridized carbons (Fsp3) is 0.154. The summed E-state index contributed by atoms with van der Waals surface area (Å²) in [6, 6.07) is 19.4. The fourth-order valence-corrected chi connectivity index (χ4v) is 5.42. The lowest BCUT2D eigenvalue weighted by atomic mass is 10.1. The highest BCUT2D eigenvalue weighted by molar-refractivity contribution is 14.1. The lowest BCUT2D eigenvalue weighted by Crippen LogP contribution is -2.27. The van der Waals surface area contributed by atoms with Crippen LogP contribution in [0.4, 0.5) is 4.79 Å². The van der Waals surface area contributed by atoms with E-state index < -0.39 is 0 Å². The van der Waals surface area contributed by atoms with Gasteiger partial charge in [0.05, 0.1) is 22.1 Å². The molecule has 0 N–H and O–H groups in total. The number of carbonyl (C=O) groups is 2. The molecule has 174 valence electrons. The molecule has 3 aromatic rings. The van der Waals surface area contributed by atoms with E-state index in [1.165, 1.54) is 10.5 Å². The van der Waals surface area contributed by atoms with E-state index in [1.807, 2.05) is 67.6 Å². The van der Waals surface area contributed by atoms with Gasteiger partial charge in [-0.15, -0.1) is 0 Å². The Bertz CT molecular complexity index is 1280. The van der Waals surface area contributed by atoms with Crippen molar-refractivity contribution in [2.24, 2.45) is 0 Å². The van der Waals surface area contributed by atoms with Crippen LogP contribution < -0.4 is 9.47 Å². The molecule has 1 fully saturated rings. The lowest BCUT2D eigenvalue weighted by molar-refractivity contribution is -0.123. The monoisotopic (exact) mass is 649 g/mol. The number of benzene rings is 3. The molecule has 34 heavy (non-hydrogen) atoms. The summed E-state index contributed by atoms with van der Waals surface area (Å²) in [6.45, 7) is 2.68. The van der Waals surface area contributed by atoms with Crippen molar-refractivity contribution >= 4 is 67.5 Å². The summed E-state index contributed by atoms with van der Waals surface area (Å²) in [5.74, 6) is 0.903. The summed E-state index contributed by atoms with van der Waals surface area (Å²) >= 11 is 6.61. The maximum atomic E-state index is 13.0. The van der Waals surface area contributed by atoms with Crippen molar-refractivity contribution in [2.45, 2.75) is 20.1 Å². The molecule has 0 atom stereocenters. The second-order valence-electron chi connectivity index (χ2n) is 7.67. The number of hydrogen-bond donors (Lipinski definition) is 0. The van der Waals surface area contributed by atoms with Crippen molar-refractivity contribution in [2.75, 3.05) is 7.11 Å². The zero-order chi connectivity index (χ0) is 24.2. The van der Waals surface area contributed by atoms with Gasteiger partial charge in [0.1, 0.15) is 6.61 Å². The van der Waals surface area contributed by atoms with Crippen molar-refractivity contribution in [1.29, 1.82) is 0 Å². The van der Waals surface area contributed by atoms with Gasteiger partial charge in [-0.3, -0.25) is 14.5 Å². The highest BCUT2D eigenvalue weighted by Gasteiger charge is 2.35. The fourth-order valence-electron chi connectivity index (χ4n) is 3.39. The largest absolute Gasteiger partial charge is 0.493 e. The van der Waals surface area contributed by atoms with E-state index in [0.29, 0.717) is 23.0 Å². The van der Waals surface area contributed by atoms with Gasteiger partial charge in [0.25, 0.3) is 11.1 Å². The smallest absolute Gasteiger partial charge is 0.293 e. The number of hydrogen-bond acceptors (Lipinski definition) is 5. The first-order valence-corrected chi connectivity index (χ1v) is 13.1. The van der Waals surface area contributed by atoms with Gasteiger partial charge < -0.3 is 9.47 Å². The van der Waals surface area contributed by atoms with Crippen molar-refractivity contribution in [3.05, 3.63) is 95.9 Å². The number of rotatable bonds is 7. The molecule has 0 spiro atoms. The van der Waals surface area contributed by atoms with Crippen LogP contribution in [0.2, 0.25) is 0 Å². The summed E-state index contributed by atoms with van der Waals surface area (Å²) < 4.78 is 13.3. The van der Waals surface area contributed by atoms with E-state index in [0.717, 1.165) is 36.5 Å². The summed E-state index contributed by atoms with van der Waals surface area (Å²) in [5.41, 5.74) is 3.89. The number of halogens is 2. The minimum absolute atomic E-state index is 0.218. The number of imide groups is 1. The average molecular weight is 650 g/mol. The van der Waals surface area contributed by atoms with E-state index in [-0.39, 0.29) is 17.7 Å². The molecule has 1 aliphatic heterocycles. The maximum absolute atomic E-state index is 13.0. The molecule has 0 bridgehead atoms. The van der Waals surface area contributed by atoms with Gasteiger partial charge in [0, 0.05) is 4.47 Å². The first-order chi connectivity index (χ1) is 16.4. The molecule has 0 unspecified atom stereocenters. The number of ether oxygens (including phenoxy) is 2. The number of aryl methyl sites for hydroxylation is 1. The maximum Gasteiger partial charge on any atom is 0.293 e. The van der Waals surface area contributed by atoms with Crippen LogP contribution in [-0.2, 0) is 17.9 Å². The van der Waals surface area contributed by atoms with Gasteiger partial charge in [0.2, 0.25) is 0 Å². The Kier molecular flexibility index (Phi) is 8.00. The number of nitrogens with zero attached hydrogens (tertiary/aromatic N) is 1. The first kappa shape index (κ1) is 24.8. The molecule has 3 aromatic carbocycles. The molecule has 1 heterocycles. The number of thioether (sulfide) groups is 1. The van der Waals surface area contributed by atoms with Crippen molar-refractivity contribution in [3.63, 3.8) is 0 Å². The summed E-state index contributed by atoms with van der Waals surface area (Å²) in [5, 5.41) is -0.285. The Labute approximate surface area is 224 Å². The van der Waals surface area contributed by atoms with Crippen LogP contribution >= 0.6 is 50.3 Å². The zero-order valence-electron chi connectivity index (χ0n) is 18.5. The molecule has 0 aliphatic carbocycles. The highest BCUT2D eigenvalue weighted by Crippen LogP contribution is 2.38. The molecule has 1 aliphatic rings. The van der Waals surface area contributed by atoms with Crippen LogP contribution in [0.5, 0.6) is 11.5 Å². The second-order valence-corrected chi connectivity index (χ2v) is 10.7. The van der Waals surface area contributed by atoms with Gasteiger partial charge in [-0.25, -0.2) is 0 Å². The Morgan fingerprint density at radius 2 is 1.82 bits per heavy atom. The molecule has 0 saturated carbocycles. The third kappa shape index (κ3) is 5.67. The van der Waals surface area contributed by atoms with E-state index >= 15 is 0 Å². The topological polar surface area (TPSA) is 55.8 Å². The van der Waals surface area contributed by atoms with Gasteiger partial charge in [-0.1, -0.05) is 64.0 Å². The van der Waals surface area contributed by atoms with Crippen LogP contribution in [0.15, 0.2) is 70.0 Å². The Balaban J connectivity index is 1.53. The van der Waals surface area contributed by atoms with E-state index in [2.05, 4.69) is 38.5 Å². The minimum Gasteiger partial charge on any atom is -0.493 e. The van der Waals surface area contributed by atoms with E-state index in [1.54, 1.807) is 13.2 Å². The molecule has 1 saturated heterocycles. The summed E-state index contributed by atoms with van der Waals surface area (Å²) in [4.78, 5) is 27.2. The molecule has 5 nitrogen and oxygen atoms in total. The van der Waals surface area contributed by atoms with E-state index in [4.69, 9.17) is 9.47 Å². The quantitative estimate of drug-likeness (QED) is 0.200. The van der Waals surface area contributed by atoms with Crippen molar-refractivity contribution in [1.82, 2.24) is 4.90 Å². The third-order valence-corrected chi connectivity index (χ3v) is 7.70. The summed E-state index contributed by atoms with van der Waals surface area (Å²) in [6.07, 6.45) is 1.72. The second kappa shape index (κ2) is 11.0.